The van der Waals surface area contributed by atoms with Gasteiger partial charge in [0.15, 0.2) is 11.5 Å². The van der Waals surface area contributed by atoms with E-state index in [9.17, 15) is 9.59 Å². The number of hydrogen-bond donors (Lipinski definition) is 0. The summed E-state index contributed by atoms with van der Waals surface area (Å²) in [7, 11) is 3.06. The number of rotatable bonds is 9. The number of carbonyl (C=O) groups is 1. The van der Waals surface area contributed by atoms with Crippen molar-refractivity contribution in [3.8, 4) is 11.5 Å². The number of aryl methyl sites for hydroxylation is 1. The highest BCUT2D eigenvalue weighted by Crippen LogP contribution is 2.29. The van der Waals surface area contributed by atoms with Gasteiger partial charge in [-0.2, -0.15) is 0 Å². The van der Waals surface area contributed by atoms with E-state index < -0.39 is 0 Å². The first-order valence-electron chi connectivity index (χ1n) is 8.94. The maximum atomic E-state index is 12.7. The first kappa shape index (κ1) is 20.5. The van der Waals surface area contributed by atoms with Crippen LogP contribution < -0.4 is 15.0 Å². The number of likely N-dealkylation sites (N-methyl/N-ethyl adjacent to an activating group) is 1. The van der Waals surface area contributed by atoms with Gasteiger partial charge in [0, 0.05) is 32.1 Å². The molecule has 0 radical (unpaired) electrons. The van der Waals surface area contributed by atoms with Crippen LogP contribution in [0.15, 0.2) is 35.4 Å². The zero-order valence-corrected chi connectivity index (χ0v) is 16.4. The molecule has 27 heavy (non-hydrogen) atoms. The third-order valence-electron chi connectivity index (χ3n) is 4.31. The van der Waals surface area contributed by atoms with Gasteiger partial charge in [0.25, 0.3) is 5.56 Å². The summed E-state index contributed by atoms with van der Waals surface area (Å²) in [6, 6.07) is 3.32. The molecule has 2 aromatic rings. The lowest BCUT2D eigenvalue weighted by atomic mass is 10.2. The van der Waals surface area contributed by atoms with Gasteiger partial charge in [0.1, 0.15) is 0 Å². The Balaban J connectivity index is 2.13. The maximum Gasteiger partial charge on any atom is 0.261 e. The molecule has 0 N–H and O–H groups in total. The molecule has 7 nitrogen and oxygen atoms in total. The molecule has 1 aromatic carbocycles. The number of hydrogen-bond acceptors (Lipinski definition) is 5. The normalized spacial score (nSPS) is 10.7. The molecule has 0 saturated carbocycles. The van der Waals surface area contributed by atoms with Crippen molar-refractivity contribution < 1.29 is 14.3 Å². The average molecular weight is 373 g/mol. The van der Waals surface area contributed by atoms with Gasteiger partial charge in [-0.05, 0) is 26.3 Å². The van der Waals surface area contributed by atoms with Crippen LogP contribution in [-0.2, 0) is 11.3 Å². The number of methoxy groups -OCH3 is 2. The van der Waals surface area contributed by atoms with Crippen molar-refractivity contribution in [2.75, 3.05) is 27.3 Å². The predicted octanol–water partition coefficient (Wildman–Crippen LogP) is 2.62. The summed E-state index contributed by atoms with van der Waals surface area (Å²) in [6.07, 6.45) is 2.44. The predicted molar refractivity (Wildman–Crippen MR) is 105 cm³/mol. The van der Waals surface area contributed by atoms with Gasteiger partial charge in [0.05, 0.1) is 31.4 Å². The molecule has 2 rings (SSSR count). The zero-order valence-electron chi connectivity index (χ0n) is 16.4. The SMILES string of the molecule is C=C(C)CN(CC)C(=O)CCCn1cnc2cc(OC)c(OC)cc2c1=O. The van der Waals surface area contributed by atoms with Crippen LogP contribution in [0.5, 0.6) is 11.5 Å². The molecule has 7 heteroatoms. The Morgan fingerprint density at radius 1 is 1.26 bits per heavy atom. The Morgan fingerprint density at radius 2 is 1.93 bits per heavy atom. The molecule has 0 bridgehead atoms. The molecule has 0 saturated heterocycles. The number of amides is 1. The van der Waals surface area contributed by atoms with Crippen LogP contribution >= 0.6 is 0 Å². The topological polar surface area (TPSA) is 73.7 Å². The van der Waals surface area contributed by atoms with E-state index in [1.54, 1.807) is 17.0 Å². The van der Waals surface area contributed by atoms with Crippen LogP contribution in [0, 0.1) is 0 Å². The van der Waals surface area contributed by atoms with E-state index in [1.165, 1.54) is 25.1 Å². The molecule has 0 unspecified atom stereocenters. The lowest BCUT2D eigenvalue weighted by Gasteiger charge is -2.21. The third-order valence-corrected chi connectivity index (χ3v) is 4.31. The Hall–Kier alpha value is -2.83. The standard InChI is InChI=1S/C20H27N3O4/c1-6-22(12-14(2)3)19(24)8-7-9-23-13-21-16-11-18(27-5)17(26-4)10-15(16)20(23)25/h10-11,13H,2,6-9,12H2,1,3-5H3. The van der Waals surface area contributed by atoms with Crippen molar-refractivity contribution in [1.82, 2.24) is 14.5 Å². The quantitative estimate of drug-likeness (QED) is 0.632. The summed E-state index contributed by atoms with van der Waals surface area (Å²) in [5.74, 6) is 1.07. The number of carbonyl (C=O) groups excluding carboxylic acids is 1. The molecule has 0 atom stereocenters. The van der Waals surface area contributed by atoms with Gasteiger partial charge in [-0.25, -0.2) is 4.98 Å². The fourth-order valence-corrected chi connectivity index (χ4v) is 2.91. The zero-order chi connectivity index (χ0) is 20.0. The minimum absolute atomic E-state index is 0.0636. The monoisotopic (exact) mass is 373 g/mol. The fourth-order valence-electron chi connectivity index (χ4n) is 2.91. The van der Waals surface area contributed by atoms with Crippen molar-refractivity contribution in [3.05, 3.63) is 41.0 Å². The summed E-state index contributed by atoms with van der Waals surface area (Å²) >= 11 is 0. The Labute approximate surface area is 159 Å². The summed E-state index contributed by atoms with van der Waals surface area (Å²) in [5.41, 5.74) is 1.33. The number of benzene rings is 1. The molecule has 1 heterocycles. The van der Waals surface area contributed by atoms with Gasteiger partial charge < -0.3 is 14.4 Å². The summed E-state index contributed by atoms with van der Waals surface area (Å²) in [6.45, 7) is 9.33. The van der Waals surface area contributed by atoms with Gasteiger partial charge in [0.2, 0.25) is 5.91 Å². The average Bonchev–Trinajstić information content (AvgIpc) is 2.66. The lowest BCUT2D eigenvalue weighted by Crippen LogP contribution is -2.32. The van der Waals surface area contributed by atoms with Crippen molar-refractivity contribution in [2.24, 2.45) is 0 Å². The van der Waals surface area contributed by atoms with Crippen molar-refractivity contribution in [3.63, 3.8) is 0 Å². The van der Waals surface area contributed by atoms with Crippen LogP contribution in [0.4, 0.5) is 0 Å². The molecule has 0 spiro atoms. The highest BCUT2D eigenvalue weighted by atomic mass is 16.5. The van der Waals surface area contributed by atoms with Crippen LogP contribution in [-0.4, -0.2) is 47.7 Å². The maximum absolute atomic E-state index is 12.7. The van der Waals surface area contributed by atoms with Crippen LogP contribution in [0.3, 0.4) is 0 Å². The van der Waals surface area contributed by atoms with Crippen LogP contribution in [0.2, 0.25) is 0 Å². The first-order valence-corrected chi connectivity index (χ1v) is 8.94. The van der Waals surface area contributed by atoms with E-state index in [0.29, 0.717) is 54.9 Å². The second kappa shape index (κ2) is 9.21. The number of ether oxygens (including phenoxy) is 2. The van der Waals surface area contributed by atoms with Crippen molar-refractivity contribution in [1.29, 1.82) is 0 Å². The molecule has 0 aliphatic heterocycles. The Morgan fingerprint density at radius 3 is 2.52 bits per heavy atom. The highest BCUT2D eigenvalue weighted by molar-refractivity contribution is 5.81. The Bertz CT molecular complexity index is 889. The second-order valence-corrected chi connectivity index (χ2v) is 6.44. The van der Waals surface area contributed by atoms with Gasteiger partial charge in [-0.1, -0.05) is 12.2 Å². The summed E-state index contributed by atoms with van der Waals surface area (Å²) in [4.78, 5) is 31.1. The number of fused-ring (bicyclic) bond motifs is 1. The van der Waals surface area contributed by atoms with E-state index in [1.807, 2.05) is 13.8 Å². The van der Waals surface area contributed by atoms with E-state index in [2.05, 4.69) is 11.6 Å². The molecule has 1 amide bonds. The first-order chi connectivity index (χ1) is 12.9. The van der Waals surface area contributed by atoms with Crippen molar-refractivity contribution >= 4 is 16.8 Å². The van der Waals surface area contributed by atoms with Gasteiger partial charge in [-0.15, -0.1) is 0 Å². The molecule has 0 aliphatic rings. The lowest BCUT2D eigenvalue weighted by molar-refractivity contribution is -0.130. The largest absolute Gasteiger partial charge is 0.493 e. The van der Waals surface area contributed by atoms with Gasteiger partial charge in [-0.3, -0.25) is 14.2 Å². The summed E-state index contributed by atoms with van der Waals surface area (Å²) in [5, 5.41) is 0.457. The summed E-state index contributed by atoms with van der Waals surface area (Å²) < 4.78 is 12.0. The van der Waals surface area contributed by atoms with E-state index >= 15 is 0 Å². The van der Waals surface area contributed by atoms with Crippen LogP contribution in [0.1, 0.15) is 26.7 Å². The molecule has 146 valence electrons. The molecule has 0 aliphatic carbocycles. The fraction of sp³-hybridized carbons (Fsp3) is 0.450. The van der Waals surface area contributed by atoms with E-state index in [4.69, 9.17) is 9.47 Å². The van der Waals surface area contributed by atoms with E-state index in [-0.39, 0.29) is 11.5 Å². The molecular formula is C20H27N3O4. The number of aromatic nitrogens is 2. The molecule has 0 fully saturated rings. The molecular weight excluding hydrogens is 346 g/mol. The number of nitrogens with zero attached hydrogens (tertiary/aromatic N) is 3. The minimum Gasteiger partial charge on any atom is -0.493 e. The Kier molecular flexibility index (Phi) is 6.98. The highest BCUT2D eigenvalue weighted by Gasteiger charge is 2.13. The third kappa shape index (κ3) is 4.87. The minimum atomic E-state index is -0.164. The van der Waals surface area contributed by atoms with Crippen molar-refractivity contribution in [2.45, 2.75) is 33.2 Å². The second-order valence-electron chi connectivity index (χ2n) is 6.44. The van der Waals surface area contributed by atoms with E-state index in [0.717, 1.165) is 5.57 Å². The smallest absolute Gasteiger partial charge is 0.261 e. The molecule has 1 aromatic heterocycles. The van der Waals surface area contributed by atoms with Crippen LogP contribution in [0.25, 0.3) is 10.9 Å². The van der Waals surface area contributed by atoms with Gasteiger partial charge >= 0.3 is 0 Å².